The van der Waals surface area contributed by atoms with E-state index in [4.69, 9.17) is 5.11 Å². The summed E-state index contributed by atoms with van der Waals surface area (Å²) in [7, 11) is 0. The highest BCUT2D eigenvalue weighted by Gasteiger charge is 2.08. The molecule has 8 nitrogen and oxygen atoms in total. The monoisotopic (exact) mass is 336 g/mol. The van der Waals surface area contributed by atoms with E-state index in [1.54, 1.807) is 24.7 Å². The van der Waals surface area contributed by atoms with E-state index in [0.29, 0.717) is 18.1 Å². The Hall–Kier alpha value is -3.55. The summed E-state index contributed by atoms with van der Waals surface area (Å²) in [6.45, 7) is 0.228. The first-order valence-corrected chi connectivity index (χ1v) is 7.59. The van der Waals surface area contributed by atoms with Gasteiger partial charge in [0.25, 0.3) is 0 Å². The topological polar surface area (TPSA) is 113 Å². The third-order valence-electron chi connectivity index (χ3n) is 3.28. The van der Waals surface area contributed by atoms with Gasteiger partial charge < -0.3 is 15.7 Å². The van der Waals surface area contributed by atoms with Crippen LogP contribution in [-0.2, 0) is 11.3 Å². The Morgan fingerprint density at radius 3 is 2.60 bits per heavy atom. The summed E-state index contributed by atoms with van der Waals surface area (Å²) in [6.07, 6.45) is 5.06. The van der Waals surface area contributed by atoms with E-state index in [1.807, 2.05) is 30.3 Å². The number of rotatable bonds is 7. The number of hydrogen-bond donors (Lipinski definition) is 3. The minimum absolute atomic E-state index is 0.236. The van der Waals surface area contributed by atoms with Crippen LogP contribution < -0.4 is 10.6 Å². The van der Waals surface area contributed by atoms with Gasteiger partial charge in [-0.3, -0.25) is 14.8 Å². The van der Waals surface area contributed by atoms with E-state index in [0.717, 1.165) is 11.3 Å². The molecule has 8 heteroatoms. The van der Waals surface area contributed by atoms with E-state index in [9.17, 15) is 4.79 Å². The second kappa shape index (κ2) is 7.82. The minimum Gasteiger partial charge on any atom is -0.480 e. The van der Waals surface area contributed by atoms with Crippen LogP contribution in [0.5, 0.6) is 0 Å². The molecule has 3 aromatic rings. The van der Waals surface area contributed by atoms with Crippen molar-refractivity contribution in [3.63, 3.8) is 0 Å². The van der Waals surface area contributed by atoms with E-state index >= 15 is 0 Å². The molecule has 0 spiro atoms. The summed E-state index contributed by atoms with van der Waals surface area (Å²) in [6, 6.07) is 11.1. The van der Waals surface area contributed by atoms with Gasteiger partial charge in [0.15, 0.2) is 0 Å². The largest absolute Gasteiger partial charge is 0.480 e. The van der Waals surface area contributed by atoms with Crippen molar-refractivity contribution < 1.29 is 9.90 Å². The number of pyridine rings is 2. The molecule has 0 aliphatic carbocycles. The average molecular weight is 336 g/mol. The zero-order chi connectivity index (χ0) is 17.5. The highest BCUT2D eigenvalue weighted by atomic mass is 16.4. The molecule has 126 valence electrons. The number of aromatic nitrogens is 4. The Balaban J connectivity index is 1.85. The zero-order valence-corrected chi connectivity index (χ0v) is 13.3. The van der Waals surface area contributed by atoms with Crippen molar-refractivity contribution in [2.24, 2.45) is 0 Å². The van der Waals surface area contributed by atoms with Crippen molar-refractivity contribution in [1.82, 2.24) is 19.9 Å². The predicted molar refractivity (Wildman–Crippen MR) is 93.0 cm³/mol. The first-order valence-electron chi connectivity index (χ1n) is 7.59. The number of hydrogen-bond acceptors (Lipinski definition) is 7. The molecule has 0 amide bonds. The molecule has 0 aromatic carbocycles. The molecule has 0 unspecified atom stereocenters. The molecule has 25 heavy (non-hydrogen) atoms. The van der Waals surface area contributed by atoms with Gasteiger partial charge in [0.05, 0.1) is 17.9 Å². The Bertz CT molecular complexity index is 842. The molecule has 0 radical (unpaired) electrons. The lowest BCUT2D eigenvalue weighted by atomic mass is 10.2. The Morgan fingerprint density at radius 1 is 1.04 bits per heavy atom. The molecule has 0 saturated heterocycles. The van der Waals surface area contributed by atoms with Gasteiger partial charge in [0.2, 0.25) is 5.95 Å². The van der Waals surface area contributed by atoms with Gasteiger partial charge in [0, 0.05) is 30.2 Å². The van der Waals surface area contributed by atoms with Gasteiger partial charge in [0.1, 0.15) is 12.4 Å². The predicted octanol–water partition coefficient (Wildman–Crippen LogP) is 2.04. The molecule has 3 N–H and O–H groups in total. The quantitative estimate of drug-likeness (QED) is 0.601. The van der Waals surface area contributed by atoms with Crippen molar-refractivity contribution in [3.05, 3.63) is 60.7 Å². The third kappa shape index (κ3) is 4.71. The normalized spacial score (nSPS) is 10.2. The molecule has 0 bridgehead atoms. The number of aliphatic carboxylic acids is 1. The van der Waals surface area contributed by atoms with Crippen LogP contribution in [0.15, 0.2) is 55.0 Å². The molecule has 0 fully saturated rings. The molecular weight excluding hydrogens is 320 g/mol. The van der Waals surface area contributed by atoms with Gasteiger partial charge in [-0.25, -0.2) is 4.98 Å². The molecule has 3 aromatic heterocycles. The van der Waals surface area contributed by atoms with Crippen LogP contribution >= 0.6 is 0 Å². The fraction of sp³-hybridized carbons (Fsp3) is 0.118. The van der Waals surface area contributed by atoms with E-state index in [1.165, 1.54) is 0 Å². The second-order valence-corrected chi connectivity index (χ2v) is 5.12. The summed E-state index contributed by atoms with van der Waals surface area (Å²) >= 11 is 0. The number of carbonyl (C=O) groups is 1. The van der Waals surface area contributed by atoms with E-state index in [-0.39, 0.29) is 12.5 Å². The smallest absolute Gasteiger partial charge is 0.322 e. The van der Waals surface area contributed by atoms with Crippen LogP contribution in [0, 0.1) is 0 Å². The fourth-order valence-electron chi connectivity index (χ4n) is 2.13. The molecular formula is C17H16N6O2. The van der Waals surface area contributed by atoms with Crippen molar-refractivity contribution in [3.8, 4) is 11.3 Å². The van der Waals surface area contributed by atoms with Crippen LogP contribution in [0.3, 0.4) is 0 Å². The van der Waals surface area contributed by atoms with Crippen LogP contribution in [0.4, 0.5) is 11.8 Å². The van der Waals surface area contributed by atoms with Crippen molar-refractivity contribution >= 4 is 17.7 Å². The van der Waals surface area contributed by atoms with Gasteiger partial charge in [-0.05, 0) is 24.3 Å². The second-order valence-electron chi connectivity index (χ2n) is 5.12. The lowest BCUT2D eigenvalue weighted by molar-refractivity contribution is -0.134. The molecule has 0 aliphatic heterocycles. The average Bonchev–Trinajstić information content (AvgIpc) is 2.66. The number of anilines is 2. The van der Waals surface area contributed by atoms with Gasteiger partial charge >= 0.3 is 5.97 Å². The van der Waals surface area contributed by atoms with E-state index < -0.39 is 5.97 Å². The maximum Gasteiger partial charge on any atom is 0.322 e. The molecule has 0 aliphatic rings. The zero-order valence-electron chi connectivity index (χ0n) is 13.3. The lowest BCUT2D eigenvalue weighted by Crippen LogP contribution is -2.15. The summed E-state index contributed by atoms with van der Waals surface area (Å²) in [5.74, 6) is -0.179. The van der Waals surface area contributed by atoms with Crippen LogP contribution in [0.1, 0.15) is 5.69 Å². The maximum atomic E-state index is 10.8. The van der Waals surface area contributed by atoms with Crippen LogP contribution in [-0.4, -0.2) is 37.6 Å². The maximum absolute atomic E-state index is 10.8. The highest BCUT2D eigenvalue weighted by molar-refractivity contribution is 5.72. The van der Waals surface area contributed by atoms with Gasteiger partial charge in [-0.1, -0.05) is 6.07 Å². The highest BCUT2D eigenvalue weighted by Crippen LogP contribution is 2.21. The Labute approximate surface area is 144 Å². The number of nitrogens with one attached hydrogen (secondary N) is 2. The number of carboxylic acid groups (broad SMARTS) is 1. The first-order chi connectivity index (χ1) is 12.2. The Morgan fingerprint density at radius 2 is 1.88 bits per heavy atom. The molecule has 0 atom stereocenters. The summed E-state index contributed by atoms with van der Waals surface area (Å²) in [5, 5.41) is 14.7. The first kappa shape index (κ1) is 16.3. The Kier molecular flexibility index (Phi) is 5.10. The van der Waals surface area contributed by atoms with E-state index in [2.05, 4.69) is 30.6 Å². The van der Waals surface area contributed by atoms with Crippen molar-refractivity contribution in [2.45, 2.75) is 6.54 Å². The number of nitrogens with zero attached hydrogens (tertiary/aromatic N) is 4. The van der Waals surface area contributed by atoms with Crippen molar-refractivity contribution in [2.75, 3.05) is 17.2 Å². The SMILES string of the molecule is O=C(O)CNc1nc(NCc2ccccn2)cc(-c2ccncc2)n1. The van der Waals surface area contributed by atoms with Crippen LogP contribution in [0.2, 0.25) is 0 Å². The third-order valence-corrected chi connectivity index (χ3v) is 3.28. The van der Waals surface area contributed by atoms with Crippen LogP contribution in [0.25, 0.3) is 11.3 Å². The van der Waals surface area contributed by atoms with Crippen molar-refractivity contribution in [1.29, 1.82) is 0 Å². The minimum atomic E-state index is -0.985. The molecule has 3 rings (SSSR count). The molecule has 3 heterocycles. The molecule has 0 saturated carbocycles. The summed E-state index contributed by atoms with van der Waals surface area (Å²) in [4.78, 5) is 27.7. The van der Waals surface area contributed by atoms with Gasteiger partial charge in [-0.15, -0.1) is 0 Å². The summed E-state index contributed by atoms with van der Waals surface area (Å²) in [5.41, 5.74) is 2.39. The van der Waals surface area contributed by atoms with Gasteiger partial charge in [-0.2, -0.15) is 4.98 Å². The standard InChI is InChI=1S/C17H16N6O2/c24-16(25)11-21-17-22-14(12-4-7-18-8-5-12)9-15(23-17)20-10-13-3-1-2-6-19-13/h1-9H,10-11H2,(H,24,25)(H2,20,21,22,23). The lowest BCUT2D eigenvalue weighted by Gasteiger charge is -2.10. The summed E-state index contributed by atoms with van der Waals surface area (Å²) < 4.78 is 0. The number of carboxylic acids is 1. The fourth-order valence-corrected chi connectivity index (χ4v) is 2.13.